The summed E-state index contributed by atoms with van der Waals surface area (Å²) in [5.41, 5.74) is 0. The number of hydrogen-bond donors (Lipinski definition) is 0. The number of hydrogen-bond acceptors (Lipinski definition) is 2. The third-order valence-electron chi connectivity index (χ3n) is 1.55. The highest BCUT2D eigenvalue weighted by Crippen LogP contribution is 2.07. The highest BCUT2D eigenvalue weighted by molar-refractivity contribution is 4.89. The molecule has 2 nitrogen and oxygen atoms in total. The van der Waals surface area contributed by atoms with E-state index in [0.717, 1.165) is 0 Å². The van der Waals surface area contributed by atoms with Gasteiger partial charge in [-0.3, -0.25) is 0 Å². The van der Waals surface area contributed by atoms with E-state index in [-0.39, 0.29) is 5.95 Å². The molecule has 10 heavy (non-hydrogen) atoms. The first-order valence-electron chi connectivity index (χ1n) is 3.49. The molecule has 0 unspecified atom stereocenters. The summed E-state index contributed by atoms with van der Waals surface area (Å²) >= 11 is 0. The van der Waals surface area contributed by atoms with Gasteiger partial charge >= 0.3 is 0 Å². The lowest BCUT2D eigenvalue weighted by atomic mass is 10.4. The van der Waals surface area contributed by atoms with Gasteiger partial charge in [-0.2, -0.15) is 4.39 Å². The molecule has 0 aliphatic carbocycles. The average molecular weight is 145 g/mol. The second-order valence-electron chi connectivity index (χ2n) is 2.21. The molecule has 0 aromatic carbocycles. The van der Waals surface area contributed by atoms with Gasteiger partial charge in [0.25, 0.3) is 0 Å². The molecule has 1 rings (SSSR count). The van der Waals surface area contributed by atoms with Gasteiger partial charge in [-0.25, -0.2) is 0 Å². The third-order valence-corrected chi connectivity index (χ3v) is 1.55. The van der Waals surface area contributed by atoms with E-state index in [1.54, 1.807) is 11.8 Å². The number of allylic oxidation sites excluding steroid dienone is 1. The summed E-state index contributed by atoms with van der Waals surface area (Å²) in [5, 5.41) is 0. The summed E-state index contributed by atoms with van der Waals surface area (Å²) in [4.78, 5) is 1.68. The molecule has 1 fully saturated rings. The van der Waals surface area contributed by atoms with Crippen LogP contribution in [0.5, 0.6) is 0 Å². The van der Waals surface area contributed by atoms with Crippen LogP contribution in [0.25, 0.3) is 0 Å². The molecular formula is C7H12FNO. The van der Waals surface area contributed by atoms with Gasteiger partial charge in [0, 0.05) is 13.1 Å². The van der Waals surface area contributed by atoms with Gasteiger partial charge in [0.1, 0.15) is 0 Å². The Morgan fingerprint density at radius 2 is 2.10 bits per heavy atom. The lowest BCUT2D eigenvalue weighted by molar-refractivity contribution is 0.0423. The summed E-state index contributed by atoms with van der Waals surface area (Å²) in [7, 11) is 0. The molecule has 1 aliphatic heterocycles. The zero-order valence-corrected chi connectivity index (χ0v) is 6.14. The topological polar surface area (TPSA) is 12.5 Å². The van der Waals surface area contributed by atoms with Crippen LogP contribution in [-0.2, 0) is 4.74 Å². The Morgan fingerprint density at radius 3 is 2.60 bits per heavy atom. The van der Waals surface area contributed by atoms with Gasteiger partial charge in [0.05, 0.1) is 13.2 Å². The Balaban J connectivity index is 2.39. The zero-order chi connectivity index (χ0) is 7.40. The van der Waals surface area contributed by atoms with Crippen LogP contribution in [0.15, 0.2) is 12.0 Å². The smallest absolute Gasteiger partial charge is 0.185 e. The fourth-order valence-electron chi connectivity index (χ4n) is 0.960. The molecule has 0 bridgehead atoms. The first-order valence-corrected chi connectivity index (χ1v) is 3.49. The van der Waals surface area contributed by atoms with Gasteiger partial charge in [0.2, 0.25) is 0 Å². The third kappa shape index (κ3) is 1.70. The molecule has 1 saturated heterocycles. The lowest BCUT2D eigenvalue weighted by Crippen LogP contribution is -2.34. The van der Waals surface area contributed by atoms with Gasteiger partial charge in [-0.05, 0) is 13.0 Å². The van der Waals surface area contributed by atoms with E-state index in [9.17, 15) is 4.39 Å². The Kier molecular flexibility index (Phi) is 2.68. The van der Waals surface area contributed by atoms with E-state index in [4.69, 9.17) is 4.74 Å². The van der Waals surface area contributed by atoms with Crippen LogP contribution in [0.2, 0.25) is 0 Å². The molecule has 0 amide bonds. The van der Waals surface area contributed by atoms with E-state index >= 15 is 0 Å². The van der Waals surface area contributed by atoms with Crippen molar-refractivity contribution >= 4 is 0 Å². The molecule has 58 valence electrons. The van der Waals surface area contributed by atoms with Crippen LogP contribution in [0, 0.1) is 0 Å². The molecule has 0 atom stereocenters. The number of nitrogens with zero attached hydrogens (tertiary/aromatic N) is 1. The molecule has 0 N–H and O–H groups in total. The number of morpholine rings is 1. The fraction of sp³-hybridized carbons (Fsp3) is 0.714. The standard InChI is InChI=1S/C7H12FNO/c1-2-7(8)9-3-5-10-6-4-9/h2H,3-6H2,1H3/b7-2+. The molecule has 3 heteroatoms. The van der Waals surface area contributed by atoms with Crippen LogP contribution in [0.4, 0.5) is 4.39 Å². The van der Waals surface area contributed by atoms with Crippen LogP contribution >= 0.6 is 0 Å². The first kappa shape index (κ1) is 7.54. The highest BCUT2D eigenvalue weighted by atomic mass is 19.1. The molecule has 0 aromatic heterocycles. The van der Waals surface area contributed by atoms with Gasteiger partial charge in [0.15, 0.2) is 5.95 Å². The Labute approximate surface area is 60.3 Å². The van der Waals surface area contributed by atoms with E-state index in [2.05, 4.69) is 0 Å². The molecule has 0 radical (unpaired) electrons. The normalized spacial score (nSPS) is 21.4. The fourth-order valence-corrected chi connectivity index (χ4v) is 0.960. The maximum Gasteiger partial charge on any atom is 0.185 e. The van der Waals surface area contributed by atoms with Gasteiger partial charge in [-0.15, -0.1) is 0 Å². The molecular weight excluding hydrogens is 133 g/mol. The van der Waals surface area contributed by atoms with Crippen LogP contribution < -0.4 is 0 Å². The van der Waals surface area contributed by atoms with Crippen molar-refractivity contribution in [3.63, 3.8) is 0 Å². The second-order valence-corrected chi connectivity index (χ2v) is 2.21. The highest BCUT2D eigenvalue weighted by Gasteiger charge is 2.11. The van der Waals surface area contributed by atoms with E-state index in [1.165, 1.54) is 6.08 Å². The van der Waals surface area contributed by atoms with Crippen LogP contribution in [0.1, 0.15) is 6.92 Å². The van der Waals surface area contributed by atoms with Crippen molar-refractivity contribution in [2.75, 3.05) is 26.3 Å². The molecule has 0 spiro atoms. The molecule has 1 heterocycles. The van der Waals surface area contributed by atoms with Crippen molar-refractivity contribution in [2.24, 2.45) is 0 Å². The summed E-state index contributed by atoms with van der Waals surface area (Å²) in [6.07, 6.45) is 1.48. The number of halogens is 1. The summed E-state index contributed by atoms with van der Waals surface area (Å²) in [6, 6.07) is 0. The monoisotopic (exact) mass is 145 g/mol. The predicted molar refractivity (Wildman–Crippen MR) is 37.3 cm³/mol. The Bertz CT molecular complexity index is 130. The second kappa shape index (κ2) is 3.56. The van der Waals surface area contributed by atoms with Crippen molar-refractivity contribution in [3.8, 4) is 0 Å². The van der Waals surface area contributed by atoms with Crippen molar-refractivity contribution in [1.82, 2.24) is 4.90 Å². The van der Waals surface area contributed by atoms with E-state index < -0.39 is 0 Å². The number of ether oxygens (including phenoxy) is 1. The van der Waals surface area contributed by atoms with Crippen molar-refractivity contribution in [1.29, 1.82) is 0 Å². The Morgan fingerprint density at radius 1 is 1.50 bits per heavy atom. The quantitative estimate of drug-likeness (QED) is 0.513. The Hall–Kier alpha value is -0.570. The minimum absolute atomic E-state index is 0.136. The average Bonchev–Trinajstić information content (AvgIpc) is 2.05. The lowest BCUT2D eigenvalue weighted by Gasteiger charge is -2.26. The molecule has 0 aromatic rings. The molecule has 1 aliphatic rings. The first-order chi connectivity index (χ1) is 4.84. The van der Waals surface area contributed by atoms with E-state index in [0.29, 0.717) is 26.3 Å². The van der Waals surface area contributed by atoms with Crippen LogP contribution in [-0.4, -0.2) is 31.2 Å². The van der Waals surface area contributed by atoms with Crippen molar-refractivity contribution < 1.29 is 9.13 Å². The summed E-state index contributed by atoms with van der Waals surface area (Å²) in [5.74, 6) is -0.136. The van der Waals surface area contributed by atoms with Crippen molar-refractivity contribution in [3.05, 3.63) is 12.0 Å². The van der Waals surface area contributed by atoms with Crippen molar-refractivity contribution in [2.45, 2.75) is 6.92 Å². The molecule has 0 saturated carbocycles. The van der Waals surface area contributed by atoms with Gasteiger partial charge < -0.3 is 9.64 Å². The maximum atomic E-state index is 12.7. The van der Waals surface area contributed by atoms with Crippen LogP contribution in [0.3, 0.4) is 0 Å². The summed E-state index contributed by atoms with van der Waals surface area (Å²) < 4.78 is 17.8. The summed E-state index contributed by atoms with van der Waals surface area (Å²) in [6.45, 7) is 4.33. The van der Waals surface area contributed by atoms with Gasteiger partial charge in [-0.1, -0.05) is 0 Å². The predicted octanol–water partition coefficient (Wildman–Crippen LogP) is 1.15. The zero-order valence-electron chi connectivity index (χ0n) is 6.14. The minimum Gasteiger partial charge on any atom is -0.378 e. The maximum absolute atomic E-state index is 12.7. The minimum atomic E-state index is -0.136. The number of rotatable bonds is 1. The SMILES string of the molecule is C/C=C(\F)N1CCOCC1. The van der Waals surface area contributed by atoms with E-state index in [1.807, 2.05) is 0 Å². The largest absolute Gasteiger partial charge is 0.378 e.